The van der Waals surface area contributed by atoms with Crippen molar-refractivity contribution >= 4 is 22.8 Å². The van der Waals surface area contributed by atoms with Crippen molar-refractivity contribution in [3.05, 3.63) is 42.1 Å². The van der Waals surface area contributed by atoms with Crippen LogP contribution in [0.1, 0.15) is 17.9 Å². The van der Waals surface area contributed by atoms with Gasteiger partial charge in [0.1, 0.15) is 11.3 Å². The van der Waals surface area contributed by atoms with Gasteiger partial charge in [-0.25, -0.2) is 9.50 Å². The van der Waals surface area contributed by atoms with Crippen LogP contribution in [0.25, 0.3) is 11.2 Å². The summed E-state index contributed by atoms with van der Waals surface area (Å²) in [4.78, 5) is 8.69. The van der Waals surface area contributed by atoms with Crippen LogP contribution in [-0.4, -0.2) is 60.6 Å². The molecule has 0 bridgehead atoms. The second kappa shape index (κ2) is 6.82. The molecule has 4 aromatic heterocycles. The largest absolute Gasteiger partial charge is 0.453 e. The number of rotatable bonds is 2. The van der Waals surface area contributed by atoms with Crippen LogP contribution < -0.4 is 9.80 Å². The van der Waals surface area contributed by atoms with E-state index in [-0.39, 0.29) is 5.65 Å². The molecule has 0 aromatic carbocycles. The Morgan fingerprint density at radius 2 is 1.77 bits per heavy atom. The van der Waals surface area contributed by atoms with Gasteiger partial charge in [0.05, 0.1) is 5.69 Å². The number of nitrogens with zero attached hydrogens (tertiary/aromatic N) is 9. The zero-order valence-corrected chi connectivity index (χ0v) is 16.1. The van der Waals surface area contributed by atoms with Crippen molar-refractivity contribution in [3.63, 3.8) is 0 Å². The van der Waals surface area contributed by atoms with E-state index in [4.69, 9.17) is 0 Å². The van der Waals surface area contributed by atoms with Crippen LogP contribution in [0, 0.1) is 6.92 Å². The standard InChI is InChI=1S/C18H18F3N9/c1-12-11-13-16(22-5-8-29(13)25-12)28-7-2-6-27(9-10-28)15-4-3-14-23-24-17(18(19,20)21)30(14)26-15/h3-5,8,11H,2,6-7,9-10H2,1H3. The van der Waals surface area contributed by atoms with Crippen LogP contribution in [0.3, 0.4) is 0 Å². The predicted octanol–water partition coefficient (Wildman–Crippen LogP) is 2.21. The number of hydrogen-bond acceptors (Lipinski definition) is 7. The Labute approximate surface area is 168 Å². The van der Waals surface area contributed by atoms with Gasteiger partial charge in [0, 0.05) is 38.6 Å². The van der Waals surface area contributed by atoms with Gasteiger partial charge >= 0.3 is 6.18 Å². The lowest BCUT2D eigenvalue weighted by Crippen LogP contribution is -2.32. The van der Waals surface area contributed by atoms with Crippen LogP contribution in [0.15, 0.2) is 30.6 Å². The summed E-state index contributed by atoms with van der Waals surface area (Å²) in [7, 11) is 0. The van der Waals surface area contributed by atoms with E-state index in [2.05, 4.69) is 30.3 Å². The lowest BCUT2D eigenvalue weighted by atomic mass is 10.3. The van der Waals surface area contributed by atoms with Gasteiger partial charge < -0.3 is 9.80 Å². The Hall–Kier alpha value is -3.44. The van der Waals surface area contributed by atoms with Crippen molar-refractivity contribution in [2.24, 2.45) is 0 Å². The smallest absolute Gasteiger partial charge is 0.353 e. The van der Waals surface area contributed by atoms with Crippen molar-refractivity contribution in [3.8, 4) is 0 Å². The summed E-state index contributed by atoms with van der Waals surface area (Å²) in [5, 5.41) is 15.4. The lowest BCUT2D eigenvalue weighted by Gasteiger charge is -2.23. The van der Waals surface area contributed by atoms with Crippen molar-refractivity contribution in [1.29, 1.82) is 0 Å². The number of hydrogen-bond donors (Lipinski definition) is 0. The van der Waals surface area contributed by atoms with E-state index >= 15 is 0 Å². The summed E-state index contributed by atoms with van der Waals surface area (Å²) >= 11 is 0. The zero-order valence-electron chi connectivity index (χ0n) is 16.1. The summed E-state index contributed by atoms with van der Waals surface area (Å²) < 4.78 is 42.0. The third-order valence-corrected chi connectivity index (χ3v) is 5.11. The van der Waals surface area contributed by atoms with Crippen molar-refractivity contribution in [2.45, 2.75) is 19.5 Å². The molecule has 4 aromatic rings. The van der Waals surface area contributed by atoms with Crippen LogP contribution in [0.2, 0.25) is 0 Å². The SMILES string of the molecule is Cc1cc2c(N3CCCN(c4ccc5nnc(C(F)(F)F)n5n4)CC3)nccn2n1. The molecule has 0 amide bonds. The quantitative estimate of drug-likeness (QED) is 0.495. The molecule has 0 radical (unpaired) electrons. The van der Waals surface area contributed by atoms with E-state index in [0.29, 0.717) is 25.5 Å². The Morgan fingerprint density at radius 3 is 2.60 bits per heavy atom. The first-order valence-corrected chi connectivity index (χ1v) is 9.51. The van der Waals surface area contributed by atoms with Crippen LogP contribution >= 0.6 is 0 Å². The van der Waals surface area contributed by atoms with Gasteiger partial charge in [-0.2, -0.15) is 22.8 Å². The van der Waals surface area contributed by atoms with Gasteiger partial charge in [0.2, 0.25) is 0 Å². The maximum absolute atomic E-state index is 13.2. The predicted molar refractivity (Wildman–Crippen MR) is 103 cm³/mol. The molecule has 156 valence electrons. The molecular formula is C18H18F3N9. The number of anilines is 2. The minimum Gasteiger partial charge on any atom is -0.353 e. The average Bonchev–Trinajstić information content (AvgIpc) is 3.22. The number of fused-ring (bicyclic) bond motifs is 2. The first-order chi connectivity index (χ1) is 14.4. The first-order valence-electron chi connectivity index (χ1n) is 9.51. The van der Waals surface area contributed by atoms with E-state index in [0.717, 1.165) is 34.5 Å². The van der Waals surface area contributed by atoms with Crippen molar-refractivity contribution < 1.29 is 13.2 Å². The van der Waals surface area contributed by atoms with Gasteiger partial charge in [-0.15, -0.1) is 15.3 Å². The van der Waals surface area contributed by atoms with E-state index in [1.807, 2.05) is 24.1 Å². The molecule has 5 heterocycles. The summed E-state index contributed by atoms with van der Waals surface area (Å²) in [6.45, 7) is 4.63. The molecule has 0 spiro atoms. The Bertz CT molecular complexity index is 1210. The second-order valence-electron chi connectivity index (χ2n) is 7.18. The van der Waals surface area contributed by atoms with Crippen LogP contribution in [0.5, 0.6) is 0 Å². The highest BCUT2D eigenvalue weighted by Gasteiger charge is 2.37. The first kappa shape index (κ1) is 18.6. The van der Waals surface area contributed by atoms with Gasteiger partial charge in [0.15, 0.2) is 11.5 Å². The molecule has 1 aliphatic rings. The Kier molecular flexibility index (Phi) is 4.22. The normalized spacial score (nSPS) is 15.9. The Morgan fingerprint density at radius 1 is 0.967 bits per heavy atom. The van der Waals surface area contributed by atoms with E-state index in [9.17, 15) is 13.2 Å². The molecule has 9 nitrogen and oxygen atoms in total. The molecule has 0 aliphatic carbocycles. The van der Waals surface area contributed by atoms with Crippen molar-refractivity contribution in [2.75, 3.05) is 36.0 Å². The maximum atomic E-state index is 13.2. The highest BCUT2D eigenvalue weighted by atomic mass is 19.4. The minimum atomic E-state index is -4.62. The number of alkyl halides is 3. The summed E-state index contributed by atoms with van der Waals surface area (Å²) in [5.74, 6) is 0.185. The van der Waals surface area contributed by atoms with Gasteiger partial charge in [-0.1, -0.05) is 0 Å². The van der Waals surface area contributed by atoms with Crippen LogP contribution in [0.4, 0.5) is 24.8 Å². The second-order valence-corrected chi connectivity index (χ2v) is 7.18. The summed E-state index contributed by atoms with van der Waals surface area (Å²) in [5.41, 5.74) is 1.91. The monoisotopic (exact) mass is 417 g/mol. The lowest BCUT2D eigenvalue weighted by molar-refractivity contribution is -0.146. The zero-order chi connectivity index (χ0) is 20.9. The molecule has 12 heteroatoms. The van der Waals surface area contributed by atoms with E-state index in [1.54, 1.807) is 16.8 Å². The van der Waals surface area contributed by atoms with Crippen LogP contribution in [-0.2, 0) is 6.18 Å². The third-order valence-electron chi connectivity index (χ3n) is 5.11. The topological polar surface area (TPSA) is 79.8 Å². The molecule has 30 heavy (non-hydrogen) atoms. The van der Waals surface area contributed by atoms with Gasteiger partial charge in [-0.3, -0.25) is 0 Å². The van der Waals surface area contributed by atoms with Crippen molar-refractivity contribution in [1.82, 2.24) is 34.4 Å². The van der Waals surface area contributed by atoms with Gasteiger partial charge in [-0.05, 0) is 31.5 Å². The molecule has 0 unspecified atom stereocenters. The summed E-state index contributed by atoms with van der Waals surface area (Å²) in [6.07, 6.45) is -0.275. The van der Waals surface area contributed by atoms with E-state index in [1.165, 1.54) is 6.07 Å². The van der Waals surface area contributed by atoms with E-state index < -0.39 is 12.0 Å². The molecule has 1 saturated heterocycles. The number of aromatic nitrogens is 7. The molecular weight excluding hydrogens is 399 g/mol. The number of aryl methyl sites for hydroxylation is 1. The molecule has 0 saturated carbocycles. The average molecular weight is 417 g/mol. The minimum absolute atomic E-state index is 0.0644. The maximum Gasteiger partial charge on any atom is 0.453 e. The molecule has 0 N–H and O–H groups in total. The fourth-order valence-corrected chi connectivity index (χ4v) is 3.76. The molecule has 1 fully saturated rings. The fourth-order valence-electron chi connectivity index (χ4n) is 3.76. The van der Waals surface area contributed by atoms with Gasteiger partial charge in [0.25, 0.3) is 5.82 Å². The molecule has 1 aliphatic heterocycles. The molecule has 5 rings (SSSR count). The highest BCUT2D eigenvalue weighted by molar-refractivity contribution is 5.69. The summed E-state index contributed by atoms with van der Waals surface area (Å²) in [6, 6.07) is 5.18. The number of halogens is 3. The Balaban J connectivity index is 1.42. The fraction of sp³-hybridized carbons (Fsp3) is 0.389. The highest BCUT2D eigenvalue weighted by Crippen LogP contribution is 2.28. The molecule has 0 atom stereocenters. The third kappa shape index (κ3) is 3.17.